The Morgan fingerprint density at radius 2 is 1.81 bits per heavy atom. The van der Waals surface area contributed by atoms with E-state index in [1.807, 2.05) is 0 Å². The largest absolute Gasteiger partial charge is 0.330 e. The van der Waals surface area contributed by atoms with E-state index in [0.29, 0.717) is 24.9 Å². The molecule has 4 nitrogen and oxygen atoms in total. The van der Waals surface area contributed by atoms with E-state index in [1.54, 1.807) is 0 Å². The van der Waals surface area contributed by atoms with Gasteiger partial charge in [0.25, 0.3) is 0 Å². The molecule has 1 fully saturated rings. The van der Waals surface area contributed by atoms with Gasteiger partial charge in [0, 0.05) is 6.54 Å². The van der Waals surface area contributed by atoms with E-state index >= 15 is 0 Å². The highest BCUT2D eigenvalue weighted by Gasteiger charge is 2.40. The van der Waals surface area contributed by atoms with Crippen LogP contribution in [0.25, 0.3) is 0 Å². The highest BCUT2D eigenvalue weighted by molar-refractivity contribution is 7.88. The van der Waals surface area contributed by atoms with Crippen molar-refractivity contribution in [3.05, 3.63) is 0 Å². The van der Waals surface area contributed by atoms with Crippen LogP contribution in [-0.2, 0) is 10.0 Å². The molecule has 5 heteroatoms. The highest BCUT2D eigenvalue weighted by Crippen LogP contribution is 2.46. The van der Waals surface area contributed by atoms with Crippen molar-refractivity contribution >= 4 is 10.0 Å². The highest BCUT2D eigenvalue weighted by atomic mass is 32.2. The number of hydrogen-bond donors (Lipinski definition) is 2. The maximum Gasteiger partial charge on any atom is 0.208 e. The summed E-state index contributed by atoms with van der Waals surface area (Å²) in [4.78, 5) is 0. The predicted molar refractivity (Wildman–Crippen MR) is 66.5 cm³/mol. The summed E-state index contributed by atoms with van der Waals surface area (Å²) < 4.78 is 24.5. The van der Waals surface area contributed by atoms with E-state index in [4.69, 9.17) is 5.73 Å². The Bertz CT molecular complexity index is 317. The molecule has 16 heavy (non-hydrogen) atoms. The summed E-state index contributed by atoms with van der Waals surface area (Å²) in [7, 11) is -3.07. The molecule has 3 N–H and O–H groups in total. The third-order valence-electron chi connectivity index (χ3n) is 3.93. The van der Waals surface area contributed by atoms with Crippen LogP contribution in [0.2, 0.25) is 0 Å². The zero-order valence-corrected chi connectivity index (χ0v) is 11.3. The standard InChI is InChI=1S/C11H24N2O2S/c1-9-6-11(8-12,7-10(9)2)4-5-13-16(3,14)15/h9-10,13H,4-8,12H2,1-3H3/t9-,10-/m1/s1. The molecule has 0 bridgehead atoms. The van der Waals surface area contributed by atoms with Gasteiger partial charge in [-0.15, -0.1) is 0 Å². The van der Waals surface area contributed by atoms with Crippen molar-refractivity contribution in [1.82, 2.24) is 4.72 Å². The van der Waals surface area contributed by atoms with E-state index in [0.717, 1.165) is 19.3 Å². The molecule has 2 atom stereocenters. The summed E-state index contributed by atoms with van der Waals surface area (Å²) in [6.07, 6.45) is 4.29. The van der Waals surface area contributed by atoms with Gasteiger partial charge in [0.2, 0.25) is 10.0 Å². The first kappa shape index (κ1) is 13.9. The summed E-state index contributed by atoms with van der Waals surface area (Å²) in [6, 6.07) is 0. The van der Waals surface area contributed by atoms with Gasteiger partial charge in [-0.05, 0) is 43.1 Å². The first-order valence-corrected chi connectivity index (χ1v) is 7.82. The second-order valence-electron chi connectivity index (χ2n) is 5.48. The summed E-state index contributed by atoms with van der Waals surface area (Å²) in [5.41, 5.74) is 6.02. The fraction of sp³-hybridized carbons (Fsp3) is 1.00. The third kappa shape index (κ3) is 3.71. The van der Waals surface area contributed by atoms with Gasteiger partial charge in [0.05, 0.1) is 6.26 Å². The molecule has 0 aliphatic heterocycles. The second kappa shape index (κ2) is 5.02. The van der Waals surface area contributed by atoms with Gasteiger partial charge in [-0.2, -0.15) is 0 Å². The topological polar surface area (TPSA) is 72.2 Å². The molecular weight excluding hydrogens is 224 g/mol. The van der Waals surface area contributed by atoms with Crippen LogP contribution in [-0.4, -0.2) is 27.8 Å². The molecule has 0 saturated heterocycles. The van der Waals surface area contributed by atoms with Crippen molar-refractivity contribution in [2.24, 2.45) is 23.0 Å². The number of nitrogens with two attached hydrogens (primary N) is 1. The van der Waals surface area contributed by atoms with Crippen LogP contribution in [0.4, 0.5) is 0 Å². The van der Waals surface area contributed by atoms with E-state index in [2.05, 4.69) is 18.6 Å². The number of hydrogen-bond acceptors (Lipinski definition) is 3. The Morgan fingerprint density at radius 1 is 1.31 bits per heavy atom. The first-order valence-electron chi connectivity index (χ1n) is 5.93. The van der Waals surface area contributed by atoms with E-state index in [1.165, 1.54) is 6.26 Å². The van der Waals surface area contributed by atoms with Crippen LogP contribution in [0.5, 0.6) is 0 Å². The van der Waals surface area contributed by atoms with Crippen LogP contribution >= 0.6 is 0 Å². The molecule has 1 aliphatic carbocycles. The molecule has 0 aromatic carbocycles. The normalized spacial score (nSPS) is 29.5. The molecule has 0 radical (unpaired) electrons. The van der Waals surface area contributed by atoms with Crippen molar-refractivity contribution in [3.8, 4) is 0 Å². The molecule has 0 heterocycles. The van der Waals surface area contributed by atoms with Crippen molar-refractivity contribution in [2.45, 2.75) is 33.1 Å². The summed E-state index contributed by atoms with van der Waals surface area (Å²) in [6.45, 7) is 5.68. The summed E-state index contributed by atoms with van der Waals surface area (Å²) in [5.74, 6) is 1.39. The van der Waals surface area contributed by atoms with Gasteiger partial charge in [0.15, 0.2) is 0 Å². The Hall–Kier alpha value is -0.130. The lowest BCUT2D eigenvalue weighted by atomic mass is 9.82. The molecule has 0 amide bonds. The summed E-state index contributed by atoms with van der Waals surface area (Å²) in [5, 5.41) is 0. The lowest BCUT2D eigenvalue weighted by Gasteiger charge is -2.27. The van der Waals surface area contributed by atoms with Gasteiger partial charge >= 0.3 is 0 Å². The van der Waals surface area contributed by atoms with Crippen LogP contribution in [0.15, 0.2) is 0 Å². The third-order valence-corrected chi connectivity index (χ3v) is 4.66. The minimum absolute atomic E-state index is 0.149. The predicted octanol–water partition coefficient (Wildman–Crippen LogP) is 0.937. The fourth-order valence-corrected chi connectivity index (χ4v) is 3.30. The number of rotatable bonds is 5. The molecule has 0 unspecified atom stereocenters. The Kier molecular flexibility index (Phi) is 4.37. The van der Waals surface area contributed by atoms with E-state index < -0.39 is 10.0 Å². The zero-order chi connectivity index (χ0) is 12.4. The Labute approximate surface area is 99.0 Å². The smallest absolute Gasteiger partial charge is 0.208 e. The van der Waals surface area contributed by atoms with Gasteiger partial charge in [-0.3, -0.25) is 0 Å². The van der Waals surface area contributed by atoms with Gasteiger partial charge in [0.1, 0.15) is 0 Å². The van der Waals surface area contributed by atoms with Crippen molar-refractivity contribution in [2.75, 3.05) is 19.3 Å². The summed E-state index contributed by atoms with van der Waals surface area (Å²) >= 11 is 0. The van der Waals surface area contributed by atoms with E-state index in [-0.39, 0.29) is 5.41 Å². The molecule has 0 spiro atoms. The van der Waals surface area contributed by atoms with Crippen LogP contribution in [0.3, 0.4) is 0 Å². The lowest BCUT2D eigenvalue weighted by Crippen LogP contribution is -2.33. The molecule has 96 valence electrons. The molecular formula is C11H24N2O2S. The molecule has 0 aromatic heterocycles. The minimum atomic E-state index is -3.07. The van der Waals surface area contributed by atoms with Crippen molar-refractivity contribution < 1.29 is 8.42 Å². The fourth-order valence-electron chi connectivity index (χ4n) is 2.83. The van der Waals surface area contributed by atoms with Crippen LogP contribution in [0.1, 0.15) is 33.1 Å². The maximum atomic E-state index is 11.0. The molecule has 1 aliphatic rings. The van der Waals surface area contributed by atoms with Crippen LogP contribution < -0.4 is 10.5 Å². The molecule has 0 aromatic rings. The quantitative estimate of drug-likeness (QED) is 0.760. The van der Waals surface area contributed by atoms with Crippen molar-refractivity contribution in [3.63, 3.8) is 0 Å². The zero-order valence-electron chi connectivity index (χ0n) is 10.5. The van der Waals surface area contributed by atoms with E-state index in [9.17, 15) is 8.42 Å². The minimum Gasteiger partial charge on any atom is -0.330 e. The SMILES string of the molecule is C[C@@H]1CC(CN)(CCNS(C)(=O)=O)C[C@H]1C. The molecule has 1 rings (SSSR count). The van der Waals surface area contributed by atoms with Crippen LogP contribution in [0, 0.1) is 17.3 Å². The Balaban J connectivity index is 2.50. The number of nitrogens with one attached hydrogen (secondary N) is 1. The maximum absolute atomic E-state index is 11.0. The lowest BCUT2D eigenvalue weighted by molar-refractivity contribution is 0.271. The van der Waals surface area contributed by atoms with Gasteiger partial charge in [-0.25, -0.2) is 13.1 Å². The van der Waals surface area contributed by atoms with Gasteiger partial charge < -0.3 is 5.73 Å². The number of sulfonamides is 1. The van der Waals surface area contributed by atoms with Crippen molar-refractivity contribution in [1.29, 1.82) is 0 Å². The molecule has 1 saturated carbocycles. The monoisotopic (exact) mass is 248 g/mol. The van der Waals surface area contributed by atoms with Gasteiger partial charge in [-0.1, -0.05) is 13.8 Å². The first-order chi connectivity index (χ1) is 7.28. The second-order valence-corrected chi connectivity index (χ2v) is 7.32. The average molecular weight is 248 g/mol. The average Bonchev–Trinajstić information content (AvgIpc) is 2.41. The Morgan fingerprint density at radius 3 is 2.19 bits per heavy atom.